The van der Waals surface area contributed by atoms with Gasteiger partial charge in [0.25, 0.3) is 0 Å². The SMILES string of the molecule is COCc1cc(N)c2cccc(OC(F)(F)F)c2n1. The van der Waals surface area contributed by atoms with Gasteiger partial charge in [0.2, 0.25) is 0 Å². The van der Waals surface area contributed by atoms with Crippen LogP contribution in [0.25, 0.3) is 10.9 Å². The molecule has 0 fully saturated rings. The molecule has 0 bridgehead atoms. The highest BCUT2D eigenvalue weighted by molar-refractivity contribution is 5.94. The average Bonchev–Trinajstić information content (AvgIpc) is 2.29. The zero-order chi connectivity index (χ0) is 14.0. The van der Waals surface area contributed by atoms with Crippen LogP contribution in [-0.4, -0.2) is 18.5 Å². The number of halogens is 3. The second kappa shape index (κ2) is 4.93. The number of hydrogen-bond donors (Lipinski definition) is 1. The molecule has 0 unspecified atom stereocenters. The first-order valence-corrected chi connectivity index (χ1v) is 5.33. The van der Waals surface area contributed by atoms with E-state index in [1.807, 2.05) is 0 Å². The molecule has 0 spiro atoms. The summed E-state index contributed by atoms with van der Waals surface area (Å²) in [6.07, 6.45) is -4.78. The fourth-order valence-corrected chi connectivity index (χ4v) is 1.73. The summed E-state index contributed by atoms with van der Waals surface area (Å²) >= 11 is 0. The molecule has 19 heavy (non-hydrogen) atoms. The molecule has 1 heterocycles. The maximum Gasteiger partial charge on any atom is 0.573 e. The van der Waals surface area contributed by atoms with Gasteiger partial charge in [-0.3, -0.25) is 0 Å². The number of rotatable bonds is 3. The number of aromatic nitrogens is 1. The Bertz CT molecular complexity index is 599. The third-order valence-corrected chi connectivity index (χ3v) is 2.41. The van der Waals surface area contributed by atoms with Crippen LogP contribution in [-0.2, 0) is 11.3 Å². The van der Waals surface area contributed by atoms with Crippen molar-refractivity contribution in [3.8, 4) is 5.75 Å². The highest BCUT2D eigenvalue weighted by atomic mass is 19.4. The maximum atomic E-state index is 12.3. The van der Waals surface area contributed by atoms with Gasteiger partial charge >= 0.3 is 6.36 Å². The van der Waals surface area contributed by atoms with E-state index < -0.39 is 6.36 Å². The number of fused-ring (bicyclic) bond motifs is 1. The van der Waals surface area contributed by atoms with Crippen LogP contribution in [0, 0.1) is 0 Å². The lowest BCUT2D eigenvalue weighted by Gasteiger charge is -2.12. The predicted molar refractivity (Wildman–Crippen MR) is 63.6 cm³/mol. The van der Waals surface area contributed by atoms with E-state index in [0.29, 0.717) is 16.8 Å². The predicted octanol–water partition coefficient (Wildman–Crippen LogP) is 2.86. The first-order chi connectivity index (χ1) is 8.90. The molecule has 2 rings (SSSR count). The third-order valence-electron chi connectivity index (χ3n) is 2.41. The first kappa shape index (κ1) is 13.4. The lowest BCUT2D eigenvalue weighted by atomic mass is 10.1. The highest BCUT2D eigenvalue weighted by Crippen LogP contribution is 2.32. The molecule has 0 aliphatic rings. The molecule has 1 aromatic heterocycles. The molecule has 0 saturated heterocycles. The van der Waals surface area contributed by atoms with Gasteiger partial charge in [-0.1, -0.05) is 12.1 Å². The molecule has 0 aliphatic heterocycles. The maximum absolute atomic E-state index is 12.3. The fraction of sp³-hybridized carbons (Fsp3) is 0.250. The quantitative estimate of drug-likeness (QED) is 0.933. The molecule has 102 valence electrons. The summed E-state index contributed by atoms with van der Waals surface area (Å²) in [5.74, 6) is -0.380. The van der Waals surface area contributed by atoms with Crippen LogP contribution in [0.15, 0.2) is 24.3 Å². The summed E-state index contributed by atoms with van der Waals surface area (Å²) in [6.45, 7) is 0.153. The minimum absolute atomic E-state index is 0.0619. The fourth-order valence-electron chi connectivity index (χ4n) is 1.73. The van der Waals surface area contributed by atoms with Crippen molar-refractivity contribution in [3.05, 3.63) is 30.0 Å². The number of pyridine rings is 1. The molecule has 0 aliphatic carbocycles. The Hall–Kier alpha value is -2.02. The van der Waals surface area contributed by atoms with Gasteiger partial charge in [0.05, 0.1) is 12.3 Å². The highest BCUT2D eigenvalue weighted by Gasteiger charge is 2.32. The van der Waals surface area contributed by atoms with Gasteiger partial charge in [-0.25, -0.2) is 4.98 Å². The van der Waals surface area contributed by atoms with Crippen molar-refractivity contribution in [2.75, 3.05) is 12.8 Å². The average molecular weight is 272 g/mol. The summed E-state index contributed by atoms with van der Waals surface area (Å²) in [5.41, 5.74) is 6.61. The van der Waals surface area contributed by atoms with Crippen LogP contribution in [0.2, 0.25) is 0 Å². The van der Waals surface area contributed by atoms with Gasteiger partial charge in [0, 0.05) is 18.2 Å². The van der Waals surface area contributed by atoms with Crippen LogP contribution in [0.1, 0.15) is 5.69 Å². The van der Waals surface area contributed by atoms with E-state index in [1.54, 1.807) is 12.1 Å². The van der Waals surface area contributed by atoms with E-state index in [1.165, 1.54) is 19.2 Å². The molecule has 0 saturated carbocycles. The van der Waals surface area contributed by atoms with Gasteiger partial charge < -0.3 is 15.2 Å². The van der Waals surface area contributed by atoms with Gasteiger partial charge in [-0.15, -0.1) is 13.2 Å². The Labute approximate surface area is 106 Å². The van der Waals surface area contributed by atoms with Gasteiger partial charge in [0.15, 0.2) is 5.75 Å². The van der Waals surface area contributed by atoms with E-state index in [0.717, 1.165) is 0 Å². The number of anilines is 1. The van der Waals surface area contributed by atoms with Gasteiger partial charge in [0.1, 0.15) is 5.52 Å². The Morgan fingerprint density at radius 3 is 2.68 bits per heavy atom. The topological polar surface area (TPSA) is 57.4 Å². The van der Waals surface area contributed by atoms with E-state index in [4.69, 9.17) is 10.5 Å². The number of ether oxygens (including phenoxy) is 2. The molecule has 2 N–H and O–H groups in total. The molecular formula is C12H11F3N2O2. The van der Waals surface area contributed by atoms with Crippen molar-refractivity contribution in [1.29, 1.82) is 0 Å². The smallest absolute Gasteiger partial charge is 0.403 e. The Morgan fingerprint density at radius 2 is 2.05 bits per heavy atom. The van der Waals surface area contributed by atoms with Crippen LogP contribution < -0.4 is 10.5 Å². The number of nitrogen functional groups attached to an aromatic ring is 1. The van der Waals surface area contributed by atoms with Crippen molar-refractivity contribution in [3.63, 3.8) is 0 Å². The Kier molecular flexibility index (Phi) is 3.48. The van der Waals surface area contributed by atoms with E-state index in [2.05, 4.69) is 9.72 Å². The first-order valence-electron chi connectivity index (χ1n) is 5.33. The van der Waals surface area contributed by atoms with Crippen LogP contribution in [0.4, 0.5) is 18.9 Å². The summed E-state index contributed by atoms with van der Waals surface area (Å²) in [4.78, 5) is 4.08. The lowest BCUT2D eigenvalue weighted by Crippen LogP contribution is -2.17. The van der Waals surface area contributed by atoms with E-state index in [-0.39, 0.29) is 17.9 Å². The van der Waals surface area contributed by atoms with Crippen LogP contribution >= 0.6 is 0 Å². The van der Waals surface area contributed by atoms with Crippen molar-refractivity contribution < 1.29 is 22.6 Å². The van der Waals surface area contributed by atoms with E-state index >= 15 is 0 Å². The molecule has 0 amide bonds. The minimum atomic E-state index is -4.78. The zero-order valence-electron chi connectivity index (χ0n) is 9.99. The van der Waals surface area contributed by atoms with Crippen molar-refractivity contribution in [2.24, 2.45) is 0 Å². The van der Waals surface area contributed by atoms with Gasteiger partial charge in [-0.2, -0.15) is 0 Å². The molecule has 0 radical (unpaired) electrons. The number of hydrogen-bond acceptors (Lipinski definition) is 4. The second-order valence-electron chi connectivity index (χ2n) is 3.84. The summed E-state index contributed by atoms with van der Waals surface area (Å²) in [6, 6.07) is 5.76. The number of alkyl halides is 3. The zero-order valence-corrected chi connectivity index (χ0v) is 9.99. The molecular weight excluding hydrogens is 261 g/mol. The monoisotopic (exact) mass is 272 g/mol. The number of nitrogens with zero attached hydrogens (tertiary/aromatic N) is 1. The van der Waals surface area contributed by atoms with Crippen LogP contribution in [0.5, 0.6) is 5.75 Å². The minimum Gasteiger partial charge on any atom is -0.403 e. The molecule has 7 heteroatoms. The van der Waals surface area contributed by atoms with Crippen molar-refractivity contribution in [2.45, 2.75) is 13.0 Å². The largest absolute Gasteiger partial charge is 0.573 e. The summed E-state index contributed by atoms with van der Waals surface area (Å²) < 4.78 is 45.8. The number of nitrogens with two attached hydrogens (primary N) is 1. The number of methoxy groups -OCH3 is 1. The third kappa shape index (κ3) is 3.05. The molecule has 0 atom stereocenters. The Balaban J connectivity index is 2.58. The van der Waals surface area contributed by atoms with Gasteiger partial charge in [-0.05, 0) is 12.1 Å². The Morgan fingerprint density at radius 1 is 1.32 bits per heavy atom. The number of para-hydroxylation sites is 1. The summed E-state index contributed by atoms with van der Waals surface area (Å²) in [7, 11) is 1.46. The number of benzene rings is 1. The molecule has 1 aromatic carbocycles. The summed E-state index contributed by atoms with van der Waals surface area (Å²) in [5, 5.41) is 0.404. The lowest BCUT2D eigenvalue weighted by molar-refractivity contribution is -0.274. The van der Waals surface area contributed by atoms with Crippen molar-refractivity contribution >= 4 is 16.6 Å². The molecule has 2 aromatic rings. The van der Waals surface area contributed by atoms with Crippen molar-refractivity contribution in [1.82, 2.24) is 4.98 Å². The molecule has 4 nitrogen and oxygen atoms in total. The standard InChI is InChI=1S/C12H11F3N2O2/c1-18-6-7-5-9(16)8-3-2-4-10(11(8)17-7)19-12(13,14)15/h2-5H,6H2,1H3,(H2,16,17). The normalized spacial score (nSPS) is 11.8. The van der Waals surface area contributed by atoms with Crippen LogP contribution in [0.3, 0.4) is 0 Å². The van der Waals surface area contributed by atoms with E-state index in [9.17, 15) is 13.2 Å². The second-order valence-corrected chi connectivity index (χ2v) is 3.84.